The Labute approximate surface area is 132 Å². The van der Waals surface area contributed by atoms with E-state index >= 15 is 0 Å². The predicted octanol–water partition coefficient (Wildman–Crippen LogP) is 4.50. The van der Waals surface area contributed by atoms with Crippen molar-refractivity contribution >= 4 is 5.97 Å². The minimum Gasteiger partial charge on any atom is -0.464 e. The first kappa shape index (κ1) is 20.4. The molecule has 0 aliphatic rings. The van der Waals surface area contributed by atoms with E-state index in [1.807, 2.05) is 6.92 Å². The van der Waals surface area contributed by atoms with Crippen LogP contribution in [0.1, 0.15) is 73.6 Å². The highest BCUT2D eigenvalue weighted by molar-refractivity contribution is 5.76. The van der Waals surface area contributed by atoms with Crippen molar-refractivity contribution in [3.05, 3.63) is 0 Å². The van der Waals surface area contributed by atoms with E-state index in [0.29, 0.717) is 12.5 Å². The maximum atomic E-state index is 12.3. The molecule has 1 unspecified atom stereocenters. The topological polar surface area (TPSA) is 29.5 Å². The Kier molecular flexibility index (Phi) is 10.8. The van der Waals surface area contributed by atoms with Crippen LogP contribution in [0.25, 0.3) is 0 Å². The number of nitrogens with zero attached hydrogens (tertiary/aromatic N) is 1. The fourth-order valence-corrected chi connectivity index (χ4v) is 2.32. The molecular formula is C18H37NO2. The number of carbonyl (C=O) groups is 1. The largest absolute Gasteiger partial charge is 0.464 e. The molecule has 0 amide bonds. The summed E-state index contributed by atoms with van der Waals surface area (Å²) >= 11 is 0. The second-order valence-electron chi connectivity index (χ2n) is 6.61. The molecule has 0 bridgehead atoms. The molecule has 0 N–H and O–H groups in total. The molecule has 126 valence electrons. The molecule has 21 heavy (non-hydrogen) atoms. The van der Waals surface area contributed by atoms with Crippen LogP contribution in [-0.4, -0.2) is 37.1 Å². The van der Waals surface area contributed by atoms with Crippen molar-refractivity contribution in [2.24, 2.45) is 11.3 Å². The van der Waals surface area contributed by atoms with E-state index in [0.717, 1.165) is 26.1 Å². The van der Waals surface area contributed by atoms with Gasteiger partial charge in [-0.05, 0) is 45.2 Å². The van der Waals surface area contributed by atoms with Crippen molar-refractivity contribution < 1.29 is 9.53 Å². The third-order valence-corrected chi connectivity index (χ3v) is 4.77. The second-order valence-corrected chi connectivity index (χ2v) is 6.61. The lowest BCUT2D eigenvalue weighted by Crippen LogP contribution is -2.37. The summed E-state index contributed by atoms with van der Waals surface area (Å²) in [5.41, 5.74) is -0.350. The summed E-state index contributed by atoms with van der Waals surface area (Å²) in [6.45, 7) is 16.3. The van der Waals surface area contributed by atoms with Gasteiger partial charge in [0.1, 0.15) is 6.61 Å². The minimum absolute atomic E-state index is 0.0362. The van der Waals surface area contributed by atoms with E-state index in [9.17, 15) is 4.79 Å². The van der Waals surface area contributed by atoms with Crippen molar-refractivity contribution in [2.75, 3.05) is 26.2 Å². The van der Waals surface area contributed by atoms with Crippen LogP contribution in [0.5, 0.6) is 0 Å². The van der Waals surface area contributed by atoms with Crippen LogP contribution in [0.3, 0.4) is 0 Å². The highest BCUT2D eigenvalue weighted by Crippen LogP contribution is 2.32. The maximum Gasteiger partial charge on any atom is 0.312 e. The molecule has 3 heteroatoms. The van der Waals surface area contributed by atoms with Crippen LogP contribution in [0, 0.1) is 11.3 Å². The number of rotatable bonds is 12. The summed E-state index contributed by atoms with van der Waals surface area (Å²) in [5, 5.41) is 0. The Morgan fingerprint density at radius 3 is 1.95 bits per heavy atom. The fraction of sp³-hybridized carbons (Fsp3) is 0.944. The Hall–Kier alpha value is -0.570. The zero-order chi connectivity index (χ0) is 16.3. The molecule has 0 aliphatic carbocycles. The lowest BCUT2D eigenvalue weighted by atomic mass is 9.77. The molecule has 0 aromatic rings. The van der Waals surface area contributed by atoms with Crippen LogP contribution < -0.4 is 0 Å². The molecule has 0 radical (unpaired) electrons. The number of esters is 1. The molecular weight excluding hydrogens is 262 g/mol. The Morgan fingerprint density at radius 2 is 1.57 bits per heavy atom. The highest BCUT2D eigenvalue weighted by Gasteiger charge is 2.36. The van der Waals surface area contributed by atoms with Gasteiger partial charge in [0.15, 0.2) is 0 Å². The molecule has 1 atom stereocenters. The number of carbonyl (C=O) groups excluding carboxylic acids is 1. The van der Waals surface area contributed by atoms with E-state index in [4.69, 9.17) is 4.74 Å². The van der Waals surface area contributed by atoms with Crippen molar-refractivity contribution in [1.29, 1.82) is 0 Å². The average molecular weight is 299 g/mol. The van der Waals surface area contributed by atoms with Crippen LogP contribution in [0.15, 0.2) is 0 Å². The monoisotopic (exact) mass is 299 g/mol. The number of hydrogen-bond acceptors (Lipinski definition) is 3. The van der Waals surface area contributed by atoms with Gasteiger partial charge < -0.3 is 4.74 Å². The summed E-state index contributed by atoms with van der Waals surface area (Å²) < 4.78 is 5.57. The van der Waals surface area contributed by atoms with Gasteiger partial charge in [-0.3, -0.25) is 9.69 Å². The summed E-state index contributed by atoms with van der Waals surface area (Å²) in [5.74, 6) is 0.275. The summed E-state index contributed by atoms with van der Waals surface area (Å²) in [6.07, 6.45) is 5.69. The molecule has 0 aromatic carbocycles. The third kappa shape index (κ3) is 7.30. The number of ether oxygens (including phenoxy) is 1. The zero-order valence-electron chi connectivity index (χ0n) is 15.2. The van der Waals surface area contributed by atoms with Gasteiger partial charge in [-0.1, -0.05) is 47.5 Å². The lowest BCUT2D eigenvalue weighted by Gasteiger charge is -2.30. The predicted molar refractivity (Wildman–Crippen MR) is 90.5 cm³/mol. The molecule has 0 rings (SSSR count). The van der Waals surface area contributed by atoms with Crippen LogP contribution in [0.2, 0.25) is 0 Å². The smallest absolute Gasteiger partial charge is 0.312 e. The van der Waals surface area contributed by atoms with E-state index in [-0.39, 0.29) is 11.4 Å². The van der Waals surface area contributed by atoms with Crippen LogP contribution >= 0.6 is 0 Å². The molecule has 0 saturated carbocycles. The van der Waals surface area contributed by atoms with E-state index in [2.05, 4.69) is 39.5 Å². The highest BCUT2D eigenvalue weighted by atomic mass is 16.5. The number of unbranched alkanes of at least 4 members (excludes halogenated alkanes) is 2. The van der Waals surface area contributed by atoms with Gasteiger partial charge in [0.2, 0.25) is 0 Å². The lowest BCUT2D eigenvalue weighted by molar-refractivity contribution is -0.158. The minimum atomic E-state index is -0.350. The van der Waals surface area contributed by atoms with Crippen molar-refractivity contribution in [3.8, 4) is 0 Å². The average Bonchev–Trinajstić information content (AvgIpc) is 2.47. The Morgan fingerprint density at radius 1 is 1.05 bits per heavy atom. The van der Waals surface area contributed by atoms with Crippen molar-refractivity contribution in [1.82, 2.24) is 4.90 Å². The van der Waals surface area contributed by atoms with Gasteiger partial charge in [-0.15, -0.1) is 0 Å². The second kappa shape index (κ2) is 11.1. The van der Waals surface area contributed by atoms with Crippen LogP contribution in [-0.2, 0) is 9.53 Å². The van der Waals surface area contributed by atoms with Gasteiger partial charge >= 0.3 is 5.97 Å². The standard InChI is InChI=1S/C18H37NO2/c1-7-10-12-19(13-11-8-2)14-15-21-17(20)18(6,9-3)16(4)5/h16H,7-15H2,1-6H3. The van der Waals surface area contributed by atoms with Gasteiger partial charge in [0.05, 0.1) is 5.41 Å². The van der Waals surface area contributed by atoms with E-state index < -0.39 is 0 Å². The first-order chi connectivity index (χ1) is 9.92. The van der Waals surface area contributed by atoms with Gasteiger partial charge in [0, 0.05) is 6.54 Å². The van der Waals surface area contributed by atoms with Crippen LogP contribution in [0.4, 0.5) is 0 Å². The maximum absolute atomic E-state index is 12.3. The van der Waals surface area contributed by atoms with Gasteiger partial charge in [0.25, 0.3) is 0 Å². The summed E-state index contributed by atoms with van der Waals surface area (Å²) in [7, 11) is 0. The van der Waals surface area contributed by atoms with Crippen molar-refractivity contribution in [3.63, 3.8) is 0 Å². The molecule has 0 aliphatic heterocycles. The van der Waals surface area contributed by atoms with Gasteiger partial charge in [-0.2, -0.15) is 0 Å². The van der Waals surface area contributed by atoms with Crippen molar-refractivity contribution in [2.45, 2.75) is 73.6 Å². The third-order valence-electron chi connectivity index (χ3n) is 4.77. The quantitative estimate of drug-likeness (QED) is 0.497. The fourth-order valence-electron chi connectivity index (χ4n) is 2.32. The molecule has 3 nitrogen and oxygen atoms in total. The Bertz CT molecular complexity index is 270. The van der Waals surface area contributed by atoms with E-state index in [1.165, 1.54) is 25.7 Å². The first-order valence-electron chi connectivity index (χ1n) is 8.81. The Balaban J connectivity index is 4.25. The molecule has 0 spiro atoms. The van der Waals surface area contributed by atoms with Gasteiger partial charge in [-0.25, -0.2) is 0 Å². The summed E-state index contributed by atoms with van der Waals surface area (Å²) in [4.78, 5) is 14.7. The normalized spacial score (nSPS) is 14.5. The molecule has 0 fully saturated rings. The number of hydrogen-bond donors (Lipinski definition) is 0. The summed E-state index contributed by atoms with van der Waals surface area (Å²) in [6, 6.07) is 0. The zero-order valence-corrected chi connectivity index (χ0v) is 15.2. The molecule has 0 aromatic heterocycles. The SMILES string of the molecule is CCCCN(CCCC)CCOC(=O)C(C)(CC)C(C)C. The first-order valence-corrected chi connectivity index (χ1v) is 8.81. The van der Waals surface area contributed by atoms with E-state index in [1.54, 1.807) is 0 Å². The molecule has 0 heterocycles. The molecule has 0 saturated heterocycles.